The van der Waals surface area contributed by atoms with Crippen LogP contribution in [-0.4, -0.2) is 38.5 Å². The number of aryl methyl sites for hydroxylation is 2. The minimum atomic E-state index is -4.10. The fraction of sp³-hybridized carbons (Fsp3) is 0.407. The molecule has 4 rings (SSSR count). The molecule has 1 saturated heterocycles. The second-order valence-corrected chi connectivity index (χ2v) is 12.0. The van der Waals surface area contributed by atoms with Gasteiger partial charge in [-0.2, -0.15) is 0 Å². The van der Waals surface area contributed by atoms with Crippen molar-refractivity contribution in [2.24, 2.45) is 0 Å². The highest BCUT2D eigenvalue weighted by atomic mass is 35.5. The molecule has 0 spiro atoms. The van der Waals surface area contributed by atoms with Crippen LogP contribution in [0.15, 0.2) is 42.0 Å². The fourth-order valence-corrected chi connectivity index (χ4v) is 7.33. The van der Waals surface area contributed by atoms with Crippen LogP contribution in [0.4, 0.5) is 10.1 Å². The van der Waals surface area contributed by atoms with Crippen molar-refractivity contribution in [1.29, 1.82) is 0 Å². The number of nitrogens with one attached hydrogen (secondary N) is 1. The number of carbonyl (C=O) groups excluding carboxylic acids is 2. The fourth-order valence-electron chi connectivity index (χ4n) is 4.98. The molecule has 0 saturated carbocycles. The number of halogens is 2. The van der Waals surface area contributed by atoms with E-state index in [-0.39, 0.29) is 34.8 Å². The van der Waals surface area contributed by atoms with Gasteiger partial charge in [0, 0.05) is 5.57 Å². The highest BCUT2D eigenvalue weighted by molar-refractivity contribution is 7.93. The van der Waals surface area contributed by atoms with E-state index in [9.17, 15) is 22.4 Å². The molecule has 1 N–H and O–H groups in total. The molecule has 2 aromatic rings. The second-order valence-electron chi connectivity index (χ2n) is 9.52. The van der Waals surface area contributed by atoms with E-state index >= 15 is 0 Å². The van der Waals surface area contributed by atoms with Crippen LogP contribution in [0.3, 0.4) is 0 Å². The standard InChI is InChI=1S/C27H30ClFN2O5S/c1-17-12-19(13-18(2)26(17)36-27(33)23-7-5-11-30-23)15-31(24-10-9-21(29)14-22(24)28)37(34,35)25-8-4-3-6-20(25)16-32/h6,9-10,12-14,16,23,25,30H,3-5,7-8,11,15H2,1-2H3/t23-,25?/m0/s1. The van der Waals surface area contributed by atoms with E-state index in [2.05, 4.69) is 5.32 Å². The molecule has 1 aliphatic heterocycles. The lowest BCUT2D eigenvalue weighted by Gasteiger charge is -2.31. The topological polar surface area (TPSA) is 92.8 Å². The van der Waals surface area contributed by atoms with Gasteiger partial charge < -0.3 is 10.1 Å². The molecule has 2 aromatic carbocycles. The van der Waals surface area contributed by atoms with Gasteiger partial charge in [-0.15, -0.1) is 0 Å². The van der Waals surface area contributed by atoms with Crippen molar-refractivity contribution in [3.63, 3.8) is 0 Å². The molecule has 1 fully saturated rings. The summed E-state index contributed by atoms with van der Waals surface area (Å²) in [7, 11) is -4.10. The third-order valence-corrected chi connectivity index (χ3v) is 9.27. The van der Waals surface area contributed by atoms with Crippen LogP contribution in [-0.2, 0) is 26.2 Å². The first-order valence-corrected chi connectivity index (χ1v) is 14.2. The van der Waals surface area contributed by atoms with E-state index < -0.39 is 21.1 Å². The van der Waals surface area contributed by atoms with Crippen molar-refractivity contribution in [3.05, 3.63) is 69.5 Å². The number of ether oxygens (including phenoxy) is 1. The van der Waals surface area contributed by atoms with Gasteiger partial charge in [0.05, 0.1) is 17.3 Å². The van der Waals surface area contributed by atoms with E-state index in [1.807, 2.05) is 0 Å². The summed E-state index contributed by atoms with van der Waals surface area (Å²) in [6.45, 7) is 4.25. The Kier molecular flexibility index (Phi) is 8.36. The Bertz CT molecular complexity index is 1320. The minimum Gasteiger partial charge on any atom is -0.425 e. The zero-order valence-electron chi connectivity index (χ0n) is 20.8. The maximum Gasteiger partial charge on any atom is 0.328 e. The average molecular weight is 549 g/mol. The number of allylic oxidation sites excluding steroid dienone is 1. The molecule has 0 aromatic heterocycles. The van der Waals surface area contributed by atoms with Crippen LogP contribution >= 0.6 is 11.6 Å². The molecule has 1 unspecified atom stereocenters. The smallest absolute Gasteiger partial charge is 0.328 e. The quantitative estimate of drug-likeness (QED) is 0.290. The Morgan fingerprint density at radius 1 is 1.19 bits per heavy atom. The summed E-state index contributed by atoms with van der Waals surface area (Å²) in [6.07, 6.45) is 5.42. The Morgan fingerprint density at radius 3 is 2.54 bits per heavy atom. The van der Waals surface area contributed by atoms with E-state index in [4.69, 9.17) is 16.3 Å². The first-order chi connectivity index (χ1) is 17.6. The zero-order chi connectivity index (χ0) is 26.7. The minimum absolute atomic E-state index is 0.0564. The molecule has 37 heavy (non-hydrogen) atoms. The molecule has 1 aliphatic carbocycles. The van der Waals surface area contributed by atoms with Crippen molar-refractivity contribution in [3.8, 4) is 5.75 Å². The van der Waals surface area contributed by atoms with Gasteiger partial charge in [-0.1, -0.05) is 29.8 Å². The summed E-state index contributed by atoms with van der Waals surface area (Å²) >= 11 is 6.32. The Morgan fingerprint density at radius 2 is 1.92 bits per heavy atom. The average Bonchev–Trinajstić information content (AvgIpc) is 3.40. The monoisotopic (exact) mass is 548 g/mol. The summed E-state index contributed by atoms with van der Waals surface area (Å²) in [6, 6.07) is 6.72. The zero-order valence-corrected chi connectivity index (χ0v) is 22.4. The number of aldehydes is 1. The predicted octanol–water partition coefficient (Wildman–Crippen LogP) is 4.77. The highest BCUT2D eigenvalue weighted by Gasteiger charge is 2.37. The Hall–Kier alpha value is -2.75. The molecular weight excluding hydrogens is 519 g/mol. The van der Waals surface area contributed by atoms with Gasteiger partial charge in [0.25, 0.3) is 0 Å². The predicted molar refractivity (Wildman–Crippen MR) is 141 cm³/mol. The van der Waals surface area contributed by atoms with Crippen molar-refractivity contribution < 1.29 is 27.1 Å². The molecule has 10 heteroatoms. The van der Waals surface area contributed by atoms with E-state index in [1.54, 1.807) is 32.1 Å². The van der Waals surface area contributed by atoms with Crippen LogP contribution in [0.25, 0.3) is 0 Å². The molecule has 2 atom stereocenters. The highest BCUT2D eigenvalue weighted by Crippen LogP contribution is 2.36. The first kappa shape index (κ1) is 27.3. The summed E-state index contributed by atoms with van der Waals surface area (Å²) < 4.78 is 48.5. The molecule has 0 bridgehead atoms. The Balaban J connectivity index is 1.70. The molecule has 2 aliphatic rings. The van der Waals surface area contributed by atoms with Crippen molar-refractivity contribution in [1.82, 2.24) is 5.32 Å². The molecule has 0 amide bonds. The lowest BCUT2D eigenvalue weighted by molar-refractivity contribution is -0.136. The number of nitrogens with zero attached hydrogens (tertiary/aromatic N) is 1. The molecule has 198 valence electrons. The number of benzene rings is 2. The van der Waals surface area contributed by atoms with E-state index in [0.29, 0.717) is 48.0 Å². The van der Waals surface area contributed by atoms with E-state index in [1.165, 1.54) is 6.07 Å². The largest absolute Gasteiger partial charge is 0.425 e. The van der Waals surface area contributed by atoms with Gasteiger partial charge in [0.2, 0.25) is 10.0 Å². The SMILES string of the molecule is Cc1cc(CN(c2ccc(F)cc2Cl)S(=O)(=O)C2CCCC=C2C=O)cc(C)c1OC(=O)[C@@H]1CCCN1. The van der Waals surface area contributed by atoms with Gasteiger partial charge in [-0.25, -0.2) is 17.6 Å². The van der Waals surface area contributed by atoms with Crippen molar-refractivity contribution in [2.75, 3.05) is 10.8 Å². The third kappa shape index (κ3) is 5.89. The number of hydrogen-bond acceptors (Lipinski definition) is 6. The number of hydrogen-bond donors (Lipinski definition) is 1. The normalized spacial score (nSPS) is 19.8. The van der Waals surface area contributed by atoms with Crippen LogP contribution in [0.5, 0.6) is 5.75 Å². The molecule has 0 radical (unpaired) electrons. The number of rotatable bonds is 8. The maximum absolute atomic E-state index is 13.9. The van der Waals surface area contributed by atoms with Crippen molar-refractivity contribution >= 4 is 39.6 Å². The molecule has 1 heterocycles. The number of carbonyl (C=O) groups is 2. The summed E-state index contributed by atoms with van der Waals surface area (Å²) in [4.78, 5) is 24.2. The van der Waals surface area contributed by atoms with Crippen LogP contribution in [0.2, 0.25) is 5.02 Å². The van der Waals surface area contributed by atoms with Gasteiger partial charge in [0.1, 0.15) is 29.1 Å². The number of sulfonamides is 1. The Labute approximate surface area is 221 Å². The van der Waals surface area contributed by atoms with Gasteiger partial charge in [-0.05, 0) is 87.4 Å². The lowest BCUT2D eigenvalue weighted by atomic mass is 10.0. The molecule has 7 nitrogen and oxygen atoms in total. The first-order valence-electron chi connectivity index (χ1n) is 12.3. The second kappa shape index (κ2) is 11.3. The number of esters is 1. The van der Waals surface area contributed by atoms with Crippen LogP contribution in [0.1, 0.15) is 48.8 Å². The summed E-state index contributed by atoms with van der Waals surface area (Å²) in [5.41, 5.74) is 2.32. The van der Waals surface area contributed by atoms with E-state index in [0.717, 1.165) is 35.8 Å². The maximum atomic E-state index is 13.9. The lowest BCUT2D eigenvalue weighted by Crippen LogP contribution is -2.40. The number of anilines is 1. The van der Waals surface area contributed by atoms with Crippen molar-refractivity contribution in [2.45, 2.75) is 63.8 Å². The summed E-state index contributed by atoms with van der Waals surface area (Å²) in [5, 5.41) is 2.04. The van der Waals surface area contributed by atoms with Crippen LogP contribution < -0.4 is 14.4 Å². The van der Waals surface area contributed by atoms with Gasteiger partial charge in [0.15, 0.2) is 0 Å². The van der Waals surface area contributed by atoms with Gasteiger partial charge >= 0.3 is 5.97 Å². The third-order valence-electron chi connectivity index (χ3n) is 6.80. The van der Waals surface area contributed by atoms with Crippen LogP contribution in [0, 0.1) is 19.7 Å². The summed E-state index contributed by atoms with van der Waals surface area (Å²) in [5.74, 6) is -0.494. The van der Waals surface area contributed by atoms with Gasteiger partial charge in [-0.3, -0.25) is 9.10 Å². The molecular formula is C27H30ClFN2O5S.